The Morgan fingerprint density at radius 2 is 1.65 bits per heavy atom. The van der Waals surface area contributed by atoms with Gasteiger partial charge in [-0.25, -0.2) is 27.8 Å². The number of imide groups is 1. The van der Waals surface area contributed by atoms with Gasteiger partial charge in [0.1, 0.15) is 22.6 Å². The Labute approximate surface area is 211 Å². The molecule has 37 heavy (non-hydrogen) atoms. The Morgan fingerprint density at radius 1 is 1.14 bits per heavy atom. The van der Waals surface area contributed by atoms with Crippen molar-refractivity contribution in [3.8, 4) is 0 Å². The minimum atomic E-state index is -2.35. The molecule has 13 heteroatoms. The summed E-state index contributed by atoms with van der Waals surface area (Å²) in [5.41, 5.74) is -7.91. The summed E-state index contributed by atoms with van der Waals surface area (Å²) in [6, 6.07) is 1.52. The van der Waals surface area contributed by atoms with Crippen LogP contribution in [-0.4, -0.2) is 57.2 Å². The molecule has 1 fully saturated rings. The molecule has 3 rings (SSSR count). The van der Waals surface area contributed by atoms with E-state index >= 15 is 8.78 Å². The van der Waals surface area contributed by atoms with E-state index in [1.807, 2.05) is 0 Å². The Balaban J connectivity index is 2.22. The molecule has 1 aliphatic heterocycles. The van der Waals surface area contributed by atoms with Crippen molar-refractivity contribution in [1.29, 1.82) is 0 Å². The maximum absolute atomic E-state index is 16.0. The van der Waals surface area contributed by atoms with Crippen molar-refractivity contribution in [3.63, 3.8) is 0 Å². The number of aliphatic imine (C=N–C) groups is 1. The van der Waals surface area contributed by atoms with Gasteiger partial charge in [0.2, 0.25) is 0 Å². The van der Waals surface area contributed by atoms with Gasteiger partial charge in [-0.05, 0) is 67.4 Å². The highest BCUT2D eigenvalue weighted by atomic mass is 19.2. The largest absolute Gasteiger partial charge is 0.454 e. The molecule has 1 saturated carbocycles. The molecule has 0 unspecified atom stereocenters. The number of halogens is 3. The molecule has 0 spiro atoms. The summed E-state index contributed by atoms with van der Waals surface area (Å²) in [6.45, 7) is 10.2. The summed E-state index contributed by atoms with van der Waals surface area (Å²) in [4.78, 5) is 41.0. The van der Waals surface area contributed by atoms with E-state index < -0.39 is 74.9 Å². The molecule has 10 nitrogen and oxygen atoms in total. The van der Waals surface area contributed by atoms with Gasteiger partial charge in [-0.3, -0.25) is 10.1 Å². The number of nitro benzene ring substituents is 1. The molecule has 0 radical (unpaired) electrons. The van der Waals surface area contributed by atoms with Crippen LogP contribution >= 0.6 is 0 Å². The molecule has 1 aromatic rings. The van der Waals surface area contributed by atoms with E-state index in [4.69, 9.17) is 14.2 Å². The lowest BCUT2D eigenvalue weighted by Crippen LogP contribution is -2.58. The van der Waals surface area contributed by atoms with Gasteiger partial charge in [-0.2, -0.15) is 0 Å². The van der Waals surface area contributed by atoms with Gasteiger partial charge in [0.05, 0.1) is 4.92 Å². The molecule has 0 aromatic heterocycles. The molecular formula is C24H30F3N3O7. The molecule has 0 bridgehead atoms. The summed E-state index contributed by atoms with van der Waals surface area (Å²) in [7, 11) is 0. The van der Waals surface area contributed by atoms with Crippen LogP contribution in [-0.2, 0) is 19.7 Å². The fourth-order valence-corrected chi connectivity index (χ4v) is 3.70. The monoisotopic (exact) mass is 529 g/mol. The lowest BCUT2D eigenvalue weighted by atomic mass is 9.82. The average Bonchev–Trinajstić information content (AvgIpc) is 3.46. The standard InChI is InChI=1S/C24H30F3N3O7/c1-21(2,3)36-19(31)29(20(32)37-22(4,5)6)18-28-23(7,16(26)17(35-18)24(27)10-11-24)14-12-13(30(33)34)8-9-15(14)25/h8-9,12,16-17H,10-11H2,1-7H3/t16-,17-,23+/m0/s1. The van der Waals surface area contributed by atoms with Gasteiger partial charge in [0, 0.05) is 17.7 Å². The molecular weight excluding hydrogens is 499 g/mol. The third-order valence-corrected chi connectivity index (χ3v) is 5.65. The zero-order valence-electron chi connectivity index (χ0n) is 21.6. The number of rotatable bonds is 3. The Kier molecular flexibility index (Phi) is 6.99. The highest BCUT2D eigenvalue weighted by molar-refractivity contribution is 6.06. The molecule has 1 aromatic carbocycles. The van der Waals surface area contributed by atoms with Crippen LogP contribution in [0.5, 0.6) is 0 Å². The highest BCUT2D eigenvalue weighted by Crippen LogP contribution is 2.52. The number of amides is 2. The summed E-state index contributed by atoms with van der Waals surface area (Å²) in [5, 5.41) is 11.3. The van der Waals surface area contributed by atoms with Gasteiger partial charge >= 0.3 is 18.2 Å². The first kappa shape index (κ1) is 28.2. The summed E-state index contributed by atoms with van der Waals surface area (Å²) in [5.74, 6) is -1.07. The Bertz CT molecular complexity index is 1110. The lowest BCUT2D eigenvalue weighted by Gasteiger charge is -2.42. The van der Waals surface area contributed by atoms with Crippen molar-refractivity contribution >= 4 is 23.9 Å². The second-order valence-corrected chi connectivity index (χ2v) is 11.2. The van der Waals surface area contributed by atoms with Crippen molar-refractivity contribution in [2.75, 3.05) is 0 Å². The fourth-order valence-electron chi connectivity index (χ4n) is 3.70. The van der Waals surface area contributed by atoms with Crippen molar-refractivity contribution in [2.45, 2.75) is 96.0 Å². The first-order valence-electron chi connectivity index (χ1n) is 11.6. The maximum atomic E-state index is 16.0. The first-order valence-corrected chi connectivity index (χ1v) is 11.6. The summed E-state index contributed by atoms with van der Waals surface area (Å²) >= 11 is 0. The third-order valence-electron chi connectivity index (χ3n) is 5.65. The number of nitrogens with zero attached hydrogens (tertiary/aromatic N) is 3. The number of hydrogen-bond donors (Lipinski definition) is 0. The van der Waals surface area contributed by atoms with Crippen molar-refractivity contribution in [3.05, 3.63) is 39.7 Å². The smallest absolute Gasteiger partial charge is 0.428 e. The van der Waals surface area contributed by atoms with Crippen LogP contribution in [0.25, 0.3) is 0 Å². The molecule has 1 aliphatic carbocycles. The topological polar surface area (TPSA) is 121 Å². The van der Waals surface area contributed by atoms with Crippen molar-refractivity contribution in [2.24, 2.45) is 4.99 Å². The number of hydrogen-bond acceptors (Lipinski definition) is 8. The fraction of sp³-hybridized carbons (Fsp3) is 0.625. The second kappa shape index (κ2) is 9.18. The molecule has 2 amide bonds. The maximum Gasteiger partial charge on any atom is 0.428 e. The first-order chi connectivity index (χ1) is 16.8. The van der Waals surface area contributed by atoms with Crippen LogP contribution in [0.4, 0.5) is 28.4 Å². The summed E-state index contributed by atoms with van der Waals surface area (Å²) in [6.07, 6.45) is -7.10. The molecule has 204 valence electrons. The normalized spacial score (nSPS) is 24.9. The average molecular weight is 530 g/mol. The van der Waals surface area contributed by atoms with Crippen LogP contribution in [0.3, 0.4) is 0 Å². The van der Waals surface area contributed by atoms with Crippen LogP contribution in [0.1, 0.15) is 66.9 Å². The minimum absolute atomic E-state index is 0.0995. The van der Waals surface area contributed by atoms with E-state index in [-0.39, 0.29) is 17.7 Å². The molecule has 0 N–H and O–H groups in total. The SMILES string of the molecule is CC(C)(C)OC(=O)N(C(=O)OC(C)(C)C)C1=N[C@](C)(c2cc([N+](=O)[O-])ccc2F)[C@@H](F)[C@@H](C2(F)CC2)O1. The van der Waals surface area contributed by atoms with E-state index in [0.29, 0.717) is 0 Å². The van der Waals surface area contributed by atoms with Gasteiger partial charge in [-0.15, -0.1) is 4.90 Å². The zero-order valence-corrected chi connectivity index (χ0v) is 21.6. The Hall–Kier alpha value is -3.38. The third kappa shape index (κ3) is 5.96. The van der Waals surface area contributed by atoms with Gasteiger partial charge in [0.25, 0.3) is 5.69 Å². The number of carbonyl (C=O) groups is 2. The molecule has 3 atom stereocenters. The number of benzene rings is 1. The number of alkyl halides is 2. The molecule has 2 aliphatic rings. The number of ether oxygens (including phenoxy) is 3. The number of non-ortho nitro benzene ring substituents is 1. The number of nitro groups is 1. The predicted molar refractivity (Wildman–Crippen MR) is 125 cm³/mol. The van der Waals surface area contributed by atoms with Crippen LogP contribution in [0.2, 0.25) is 0 Å². The van der Waals surface area contributed by atoms with E-state index in [9.17, 15) is 24.1 Å². The van der Waals surface area contributed by atoms with E-state index in [0.717, 1.165) is 25.1 Å². The minimum Gasteiger partial charge on any atom is -0.454 e. The highest BCUT2D eigenvalue weighted by Gasteiger charge is 2.63. The number of amidine groups is 1. The van der Waals surface area contributed by atoms with E-state index in [1.165, 1.54) is 41.5 Å². The van der Waals surface area contributed by atoms with Gasteiger partial charge in [0.15, 0.2) is 17.9 Å². The zero-order chi connectivity index (χ0) is 28.1. The predicted octanol–water partition coefficient (Wildman–Crippen LogP) is 5.72. The quantitative estimate of drug-likeness (QED) is 0.363. The van der Waals surface area contributed by atoms with Crippen LogP contribution < -0.4 is 0 Å². The number of carbonyl (C=O) groups excluding carboxylic acids is 2. The Morgan fingerprint density at radius 3 is 2.08 bits per heavy atom. The second-order valence-electron chi connectivity index (χ2n) is 11.2. The molecule has 0 saturated heterocycles. The van der Waals surface area contributed by atoms with E-state index in [2.05, 4.69) is 4.99 Å². The lowest BCUT2D eigenvalue weighted by molar-refractivity contribution is -0.385. The van der Waals surface area contributed by atoms with Crippen molar-refractivity contribution < 1.29 is 41.9 Å². The molecule has 1 heterocycles. The van der Waals surface area contributed by atoms with E-state index in [1.54, 1.807) is 0 Å². The van der Waals surface area contributed by atoms with Crippen LogP contribution in [0.15, 0.2) is 23.2 Å². The van der Waals surface area contributed by atoms with Gasteiger partial charge < -0.3 is 14.2 Å². The summed E-state index contributed by atoms with van der Waals surface area (Å²) < 4.78 is 62.3. The van der Waals surface area contributed by atoms with Crippen molar-refractivity contribution in [1.82, 2.24) is 4.90 Å². The van der Waals surface area contributed by atoms with Gasteiger partial charge in [-0.1, -0.05) is 0 Å². The van der Waals surface area contributed by atoms with Crippen LogP contribution in [0, 0.1) is 15.9 Å².